The Labute approximate surface area is 139 Å². The van der Waals surface area contributed by atoms with E-state index in [4.69, 9.17) is 0 Å². The second-order valence-corrected chi connectivity index (χ2v) is 7.38. The van der Waals surface area contributed by atoms with E-state index in [-0.39, 0.29) is 29.7 Å². The molecule has 3 aliphatic rings. The fraction of sp³-hybridized carbons (Fsp3) is 0.556. The van der Waals surface area contributed by atoms with Crippen molar-refractivity contribution >= 4 is 12.0 Å². The Morgan fingerprint density at radius 3 is 2.92 bits per heavy atom. The van der Waals surface area contributed by atoms with E-state index in [1.165, 1.54) is 12.1 Å². The number of halogens is 1. The number of benzene rings is 1. The highest BCUT2D eigenvalue weighted by atomic mass is 19.1. The summed E-state index contributed by atoms with van der Waals surface area (Å²) in [5, 5.41) is 12.6. The summed E-state index contributed by atoms with van der Waals surface area (Å²) in [6.07, 6.45) is 3.27. The number of aliphatic carboxylic acids is 1. The number of fused-ring (bicyclic) bond motifs is 1. The van der Waals surface area contributed by atoms with E-state index in [9.17, 15) is 19.1 Å². The van der Waals surface area contributed by atoms with Gasteiger partial charge in [-0.15, -0.1) is 0 Å². The Morgan fingerprint density at radius 2 is 2.21 bits per heavy atom. The standard InChI is InChI=1S/C18H21FN2O3/c19-13-5-1-3-11(7-13)14-8-15(14)20-17(24)21-9-12-4-2-6-18(12,10-21)16(22)23/h1,3,5,7,12,14-15H,2,4,6,8-10H2,(H,20,24)(H,22,23)/t12-,14-,15+,18+/m0/s1. The van der Waals surface area contributed by atoms with Crippen molar-refractivity contribution in [3.8, 4) is 0 Å². The molecule has 128 valence electrons. The number of hydrogen-bond acceptors (Lipinski definition) is 2. The van der Waals surface area contributed by atoms with Crippen molar-refractivity contribution in [3.05, 3.63) is 35.6 Å². The van der Waals surface area contributed by atoms with Crippen molar-refractivity contribution in [2.45, 2.75) is 37.6 Å². The molecule has 1 aromatic rings. The number of amides is 2. The number of hydrogen-bond donors (Lipinski definition) is 2. The predicted octanol–water partition coefficient (Wildman–Crippen LogP) is 2.58. The molecule has 1 heterocycles. The van der Waals surface area contributed by atoms with Crippen molar-refractivity contribution in [2.24, 2.45) is 11.3 Å². The molecule has 2 amide bonds. The first-order chi connectivity index (χ1) is 11.5. The Hall–Kier alpha value is -2.11. The van der Waals surface area contributed by atoms with Gasteiger partial charge in [0.25, 0.3) is 0 Å². The summed E-state index contributed by atoms with van der Waals surface area (Å²) in [6.45, 7) is 0.825. The minimum Gasteiger partial charge on any atom is -0.481 e. The molecule has 0 radical (unpaired) electrons. The lowest BCUT2D eigenvalue weighted by Crippen LogP contribution is -2.42. The monoisotopic (exact) mass is 332 g/mol. The quantitative estimate of drug-likeness (QED) is 0.894. The highest BCUT2D eigenvalue weighted by Gasteiger charge is 2.56. The number of carboxylic acids is 1. The molecular weight excluding hydrogens is 311 g/mol. The van der Waals surface area contributed by atoms with Crippen LogP contribution in [-0.4, -0.2) is 41.1 Å². The summed E-state index contributed by atoms with van der Waals surface area (Å²) >= 11 is 0. The number of carboxylic acid groups (broad SMARTS) is 1. The van der Waals surface area contributed by atoms with Gasteiger partial charge >= 0.3 is 12.0 Å². The lowest BCUT2D eigenvalue weighted by atomic mass is 9.81. The van der Waals surface area contributed by atoms with E-state index in [0.29, 0.717) is 19.5 Å². The van der Waals surface area contributed by atoms with Gasteiger partial charge in [0.1, 0.15) is 5.82 Å². The van der Waals surface area contributed by atoms with Crippen molar-refractivity contribution in [1.82, 2.24) is 10.2 Å². The molecule has 6 heteroatoms. The van der Waals surface area contributed by atoms with Gasteiger partial charge in [0.2, 0.25) is 0 Å². The molecule has 2 N–H and O–H groups in total. The van der Waals surface area contributed by atoms with Crippen LogP contribution in [0.2, 0.25) is 0 Å². The number of urea groups is 1. The molecule has 24 heavy (non-hydrogen) atoms. The molecule has 0 aromatic heterocycles. The van der Waals surface area contributed by atoms with Crippen LogP contribution in [0.25, 0.3) is 0 Å². The van der Waals surface area contributed by atoms with Crippen molar-refractivity contribution in [2.75, 3.05) is 13.1 Å². The average molecular weight is 332 g/mol. The molecule has 1 saturated heterocycles. The minimum atomic E-state index is -0.774. The van der Waals surface area contributed by atoms with Gasteiger partial charge in [-0.1, -0.05) is 18.6 Å². The SMILES string of the molecule is O=C(N[C@@H]1C[C@H]1c1cccc(F)c1)N1C[C@@H]2CCC[C@@]2(C(=O)O)C1. The van der Waals surface area contributed by atoms with Crippen molar-refractivity contribution in [3.63, 3.8) is 0 Å². The lowest BCUT2D eigenvalue weighted by Gasteiger charge is -2.23. The average Bonchev–Trinajstić information content (AvgIpc) is 3.01. The van der Waals surface area contributed by atoms with Crippen LogP contribution in [-0.2, 0) is 4.79 Å². The second-order valence-electron chi connectivity index (χ2n) is 7.38. The Bertz CT molecular complexity index is 695. The van der Waals surface area contributed by atoms with Crippen LogP contribution in [0.5, 0.6) is 0 Å². The fourth-order valence-corrected chi connectivity index (χ4v) is 4.50. The van der Waals surface area contributed by atoms with Gasteiger partial charge in [-0.05, 0) is 42.9 Å². The number of carbonyl (C=O) groups excluding carboxylic acids is 1. The largest absolute Gasteiger partial charge is 0.481 e. The topological polar surface area (TPSA) is 69.6 Å². The number of nitrogens with one attached hydrogen (secondary N) is 1. The Balaban J connectivity index is 1.38. The maximum atomic E-state index is 13.3. The van der Waals surface area contributed by atoms with E-state index < -0.39 is 11.4 Å². The summed E-state index contributed by atoms with van der Waals surface area (Å²) in [5.41, 5.74) is 0.156. The third kappa shape index (κ3) is 2.44. The molecule has 0 unspecified atom stereocenters. The first-order valence-electron chi connectivity index (χ1n) is 8.54. The number of likely N-dealkylation sites (tertiary alicyclic amines) is 1. The molecule has 2 saturated carbocycles. The molecule has 4 rings (SSSR count). The van der Waals surface area contributed by atoms with Gasteiger partial charge in [-0.3, -0.25) is 4.79 Å². The second kappa shape index (κ2) is 5.46. The third-order valence-electron chi connectivity index (χ3n) is 5.96. The molecule has 5 nitrogen and oxygen atoms in total. The van der Waals surface area contributed by atoms with Gasteiger partial charge in [0, 0.05) is 25.0 Å². The first-order valence-corrected chi connectivity index (χ1v) is 8.54. The number of carbonyl (C=O) groups is 2. The van der Waals surface area contributed by atoms with E-state index in [0.717, 1.165) is 24.8 Å². The highest BCUT2D eigenvalue weighted by molar-refractivity contribution is 5.81. The molecule has 3 fully saturated rings. The maximum Gasteiger partial charge on any atom is 0.317 e. The van der Waals surface area contributed by atoms with E-state index in [1.54, 1.807) is 11.0 Å². The van der Waals surface area contributed by atoms with Gasteiger partial charge in [0.05, 0.1) is 5.41 Å². The summed E-state index contributed by atoms with van der Waals surface area (Å²) in [7, 11) is 0. The van der Waals surface area contributed by atoms with Crippen molar-refractivity contribution < 1.29 is 19.1 Å². The maximum absolute atomic E-state index is 13.3. The summed E-state index contributed by atoms with van der Waals surface area (Å²) < 4.78 is 13.3. The summed E-state index contributed by atoms with van der Waals surface area (Å²) in [4.78, 5) is 25.8. The van der Waals surface area contributed by atoms with Crippen LogP contribution < -0.4 is 5.32 Å². The molecule has 0 spiro atoms. The van der Waals surface area contributed by atoms with E-state index in [2.05, 4.69) is 5.32 Å². The summed E-state index contributed by atoms with van der Waals surface area (Å²) in [5.74, 6) is -0.816. The van der Waals surface area contributed by atoms with Gasteiger partial charge in [-0.25, -0.2) is 9.18 Å². The minimum absolute atomic E-state index is 0.0144. The van der Waals surface area contributed by atoms with Gasteiger partial charge < -0.3 is 15.3 Å². The molecule has 1 aromatic carbocycles. The molecule has 2 aliphatic carbocycles. The zero-order chi connectivity index (χ0) is 16.9. The van der Waals surface area contributed by atoms with Gasteiger partial charge in [0.15, 0.2) is 0 Å². The number of rotatable bonds is 3. The molecule has 0 bridgehead atoms. The number of nitrogens with zero attached hydrogens (tertiary/aromatic N) is 1. The lowest BCUT2D eigenvalue weighted by molar-refractivity contribution is -0.149. The highest BCUT2D eigenvalue weighted by Crippen LogP contribution is 2.49. The molecule has 1 aliphatic heterocycles. The normalized spacial score (nSPS) is 34.0. The van der Waals surface area contributed by atoms with E-state index >= 15 is 0 Å². The molecular formula is C18H21FN2O3. The first kappa shape index (κ1) is 15.4. The zero-order valence-electron chi connectivity index (χ0n) is 13.4. The van der Waals surface area contributed by atoms with Crippen LogP contribution in [0, 0.1) is 17.2 Å². The van der Waals surface area contributed by atoms with Crippen LogP contribution in [0.4, 0.5) is 9.18 Å². The third-order valence-corrected chi connectivity index (χ3v) is 5.96. The van der Waals surface area contributed by atoms with Crippen LogP contribution >= 0.6 is 0 Å². The zero-order valence-corrected chi connectivity index (χ0v) is 13.4. The summed E-state index contributed by atoms with van der Waals surface area (Å²) in [6, 6.07) is 6.30. The van der Waals surface area contributed by atoms with E-state index in [1.807, 2.05) is 6.07 Å². The Morgan fingerprint density at radius 1 is 1.38 bits per heavy atom. The van der Waals surface area contributed by atoms with Crippen molar-refractivity contribution in [1.29, 1.82) is 0 Å². The predicted molar refractivity (Wildman–Crippen MR) is 85.1 cm³/mol. The van der Waals surface area contributed by atoms with Gasteiger partial charge in [-0.2, -0.15) is 0 Å². The fourth-order valence-electron chi connectivity index (χ4n) is 4.50. The van der Waals surface area contributed by atoms with Crippen LogP contribution in [0.3, 0.4) is 0 Å². The van der Waals surface area contributed by atoms with Crippen LogP contribution in [0.1, 0.15) is 37.2 Å². The smallest absolute Gasteiger partial charge is 0.317 e. The molecule has 4 atom stereocenters. The van der Waals surface area contributed by atoms with Crippen LogP contribution in [0.15, 0.2) is 24.3 Å². The Kier molecular flexibility index (Phi) is 3.51.